The van der Waals surface area contributed by atoms with Crippen molar-refractivity contribution < 1.29 is 18.6 Å². The summed E-state index contributed by atoms with van der Waals surface area (Å²) in [7, 11) is 3.23. The van der Waals surface area contributed by atoms with Crippen LogP contribution in [0.15, 0.2) is 79.3 Å². The predicted octanol–water partition coefficient (Wildman–Crippen LogP) is 5.71. The summed E-state index contributed by atoms with van der Waals surface area (Å²) >= 11 is 0. The molecule has 5 aromatic rings. The van der Waals surface area contributed by atoms with E-state index < -0.39 is 11.5 Å². The van der Waals surface area contributed by atoms with Crippen molar-refractivity contribution in [3.63, 3.8) is 0 Å². The van der Waals surface area contributed by atoms with Crippen LogP contribution in [0.4, 0.5) is 8.78 Å². The molecule has 0 saturated heterocycles. The molecule has 5 rings (SSSR count). The van der Waals surface area contributed by atoms with Gasteiger partial charge in [0.05, 0.1) is 48.0 Å². The molecule has 3 aromatic carbocycles. The summed E-state index contributed by atoms with van der Waals surface area (Å²) in [5.74, 6) is -2.71. The number of hydrogen-bond acceptors (Lipinski definition) is 6. The minimum atomic E-state index is -2.96. The Morgan fingerprint density at radius 2 is 1.61 bits per heavy atom. The van der Waals surface area contributed by atoms with E-state index in [1.54, 1.807) is 78.7 Å². The molecule has 1 atom stereocenters. The molecular formula is C32H25F2N5O2. The predicted molar refractivity (Wildman–Crippen MR) is 148 cm³/mol. The van der Waals surface area contributed by atoms with Crippen molar-refractivity contribution in [2.75, 3.05) is 7.11 Å². The Kier molecular flexibility index (Phi) is 7.00. The zero-order valence-electron chi connectivity index (χ0n) is 22.6. The van der Waals surface area contributed by atoms with E-state index in [0.717, 1.165) is 6.92 Å². The Bertz CT molecular complexity index is 1830. The zero-order valence-corrected chi connectivity index (χ0v) is 22.6. The van der Waals surface area contributed by atoms with Crippen LogP contribution in [0, 0.1) is 22.7 Å². The van der Waals surface area contributed by atoms with E-state index in [2.05, 4.69) is 22.1 Å². The van der Waals surface area contributed by atoms with Gasteiger partial charge in [-0.25, -0.2) is 18.7 Å². The van der Waals surface area contributed by atoms with E-state index >= 15 is 0 Å². The average Bonchev–Trinajstić information content (AvgIpc) is 3.42. The van der Waals surface area contributed by atoms with Crippen LogP contribution in [-0.2, 0) is 25.0 Å². The number of nitriles is 2. The third kappa shape index (κ3) is 4.88. The molecule has 0 aliphatic rings. The van der Waals surface area contributed by atoms with Gasteiger partial charge in [-0.2, -0.15) is 10.5 Å². The maximum Gasteiger partial charge on any atom is 0.270 e. The van der Waals surface area contributed by atoms with Crippen LogP contribution in [0.5, 0.6) is 5.88 Å². The topological polar surface area (TPSA) is 108 Å². The van der Waals surface area contributed by atoms with Crippen molar-refractivity contribution in [1.82, 2.24) is 14.5 Å². The molecule has 2 heterocycles. The van der Waals surface area contributed by atoms with Crippen LogP contribution < -0.4 is 4.74 Å². The zero-order chi connectivity index (χ0) is 29.4. The SMILES string of the molecule is COc1nc2ccc(C(O)(c3ccc(C#N)cc3)c3cncn3C)cc2c(C#N)c1Cc1ccc(C(C)(F)F)cc1. The highest BCUT2D eigenvalue weighted by molar-refractivity contribution is 5.88. The Balaban J connectivity index is 1.69. The number of rotatable bonds is 7. The van der Waals surface area contributed by atoms with E-state index in [1.165, 1.54) is 19.2 Å². The van der Waals surface area contributed by atoms with Crippen LogP contribution in [0.2, 0.25) is 0 Å². The number of pyridine rings is 1. The van der Waals surface area contributed by atoms with E-state index in [0.29, 0.717) is 50.0 Å². The molecule has 0 bridgehead atoms. The third-order valence-electron chi connectivity index (χ3n) is 7.23. The molecule has 2 aromatic heterocycles. The molecule has 1 N–H and O–H groups in total. The number of hydrogen-bond donors (Lipinski definition) is 1. The van der Waals surface area contributed by atoms with Crippen molar-refractivity contribution in [2.24, 2.45) is 7.05 Å². The van der Waals surface area contributed by atoms with E-state index in [1.807, 2.05) is 0 Å². The third-order valence-corrected chi connectivity index (χ3v) is 7.23. The van der Waals surface area contributed by atoms with Crippen LogP contribution in [0.25, 0.3) is 10.9 Å². The van der Waals surface area contributed by atoms with Gasteiger partial charge in [-0.05, 0) is 41.0 Å². The number of methoxy groups -OCH3 is 1. The maximum atomic E-state index is 13.7. The van der Waals surface area contributed by atoms with Gasteiger partial charge in [0.1, 0.15) is 6.07 Å². The van der Waals surface area contributed by atoms with Crippen molar-refractivity contribution in [1.29, 1.82) is 10.5 Å². The molecule has 204 valence electrons. The number of benzene rings is 3. The quantitative estimate of drug-likeness (QED) is 0.279. The van der Waals surface area contributed by atoms with Crippen LogP contribution in [0.3, 0.4) is 0 Å². The number of aryl methyl sites for hydroxylation is 1. The molecule has 41 heavy (non-hydrogen) atoms. The first-order chi connectivity index (χ1) is 19.6. The lowest BCUT2D eigenvalue weighted by molar-refractivity contribution is 0.0174. The first kappa shape index (κ1) is 27.4. The lowest BCUT2D eigenvalue weighted by atomic mass is 9.82. The standard InChI is InChI=1S/C32H25F2N5O2/c1-31(33,34)22-8-4-20(5-9-22)14-26-27(17-36)25-15-24(12-13-28(25)38-30(26)41-3)32(40,29-18-37-19-39(29)2)23-10-6-21(16-35)7-11-23/h4-13,15,18-19,40H,14H2,1-3H3. The Morgan fingerprint density at radius 3 is 2.17 bits per heavy atom. The first-order valence-corrected chi connectivity index (χ1v) is 12.7. The Morgan fingerprint density at radius 1 is 0.951 bits per heavy atom. The summed E-state index contributed by atoms with van der Waals surface area (Å²) in [5, 5.41) is 32.4. The number of alkyl halides is 2. The fourth-order valence-corrected chi connectivity index (χ4v) is 5.04. The number of aliphatic hydroxyl groups is 1. The van der Waals surface area contributed by atoms with E-state index in [4.69, 9.17) is 4.74 Å². The highest BCUT2D eigenvalue weighted by atomic mass is 19.3. The number of halogens is 2. The Hall–Kier alpha value is -5.12. The van der Waals surface area contributed by atoms with Gasteiger partial charge >= 0.3 is 0 Å². The van der Waals surface area contributed by atoms with Crippen LogP contribution in [0.1, 0.15) is 51.6 Å². The smallest absolute Gasteiger partial charge is 0.270 e. The molecule has 0 aliphatic carbocycles. The molecule has 9 heteroatoms. The fourth-order valence-electron chi connectivity index (χ4n) is 5.04. The number of ether oxygens (including phenoxy) is 1. The van der Waals surface area contributed by atoms with E-state index in [-0.39, 0.29) is 17.9 Å². The van der Waals surface area contributed by atoms with Gasteiger partial charge in [0.15, 0.2) is 5.60 Å². The normalized spacial score (nSPS) is 12.9. The number of fused-ring (bicyclic) bond motifs is 1. The summed E-state index contributed by atoms with van der Waals surface area (Å²) in [6.45, 7) is 0.842. The average molecular weight is 550 g/mol. The minimum absolute atomic E-state index is 0.104. The van der Waals surface area contributed by atoms with Gasteiger partial charge in [0.2, 0.25) is 5.88 Å². The highest BCUT2D eigenvalue weighted by Gasteiger charge is 2.37. The van der Waals surface area contributed by atoms with Crippen molar-refractivity contribution in [3.05, 3.63) is 124 Å². The van der Waals surface area contributed by atoms with Gasteiger partial charge in [-0.1, -0.05) is 42.5 Å². The number of imidazole rings is 1. The van der Waals surface area contributed by atoms with Crippen LogP contribution >= 0.6 is 0 Å². The summed E-state index contributed by atoms with van der Waals surface area (Å²) in [4.78, 5) is 8.82. The molecule has 0 fully saturated rings. The van der Waals surface area contributed by atoms with Gasteiger partial charge in [-0.15, -0.1) is 0 Å². The number of nitrogens with zero attached hydrogens (tertiary/aromatic N) is 5. The second kappa shape index (κ2) is 10.5. The Labute approximate surface area is 235 Å². The molecule has 7 nitrogen and oxygen atoms in total. The maximum absolute atomic E-state index is 13.7. The second-order valence-electron chi connectivity index (χ2n) is 9.87. The van der Waals surface area contributed by atoms with Gasteiger partial charge in [0.25, 0.3) is 5.92 Å². The van der Waals surface area contributed by atoms with Crippen molar-refractivity contribution >= 4 is 10.9 Å². The second-order valence-corrected chi connectivity index (χ2v) is 9.87. The number of aromatic nitrogens is 3. The van der Waals surface area contributed by atoms with Crippen molar-refractivity contribution in [3.8, 4) is 18.0 Å². The summed E-state index contributed by atoms with van der Waals surface area (Å²) in [6.07, 6.45) is 3.36. The largest absolute Gasteiger partial charge is 0.481 e. The molecule has 1 unspecified atom stereocenters. The summed E-state index contributed by atoms with van der Waals surface area (Å²) < 4.78 is 34.7. The van der Waals surface area contributed by atoms with E-state index in [9.17, 15) is 24.4 Å². The summed E-state index contributed by atoms with van der Waals surface area (Å²) in [6, 6.07) is 22.1. The first-order valence-electron chi connectivity index (χ1n) is 12.7. The highest BCUT2D eigenvalue weighted by Crippen LogP contribution is 2.39. The van der Waals surface area contributed by atoms with Gasteiger partial charge in [-0.3, -0.25) is 0 Å². The summed E-state index contributed by atoms with van der Waals surface area (Å²) in [5.41, 5.74) is 2.10. The van der Waals surface area contributed by atoms with Crippen LogP contribution in [-0.4, -0.2) is 26.8 Å². The molecule has 0 radical (unpaired) electrons. The molecular weight excluding hydrogens is 524 g/mol. The van der Waals surface area contributed by atoms with Gasteiger partial charge in [0, 0.05) is 36.9 Å². The molecule has 0 aliphatic heterocycles. The molecule has 0 amide bonds. The molecule has 0 spiro atoms. The fraction of sp³-hybridized carbons (Fsp3) is 0.188. The van der Waals surface area contributed by atoms with Crippen molar-refractivity contribution in [2.45, 2.75) is 24.9 Å². The lowest BCUT2D eigenvalue weighted by Crippen LogP contribution is -2.31. The lowest BCUT2D eigenvalue weighted by Gasteiger charge is -2.30. The molecule has 0 saturated carbocycles. The van der Waals surface area contributed by atoms with Gasteiger partial charge < -0.3 is 14.4 Å². The minimum Gasteiger partial charge on any atom is -0.481 e. The monoisotopic (exact) mass is 549 g/mol.